The number of unbranched alkanes of at least 4 members (excludes halogenated alkanes) is 3. The zero-order valence-electron chi connectivity index (χ0n) is 14.1. The molecule has 1 aliphatic rings. The number of amides is 2. The zero-order valence-corrected chi connectivity index (χ0v) is 16.4. The second-order valence-corrected chi connectivity index (χ2v) is 7.67. The quantitative estimate of drug-likeness (QED) is 0.492. The molecule has 0 fully saturated rings. The van der Waals surface area contributed by atoms with Crippen LogP contribution in [0.2, 0.25) is 10.0 Å². The van der Waals surface area contributed by atoms with Crippen molar-refractivity contribution in [2.45, 2.75) is 32.6 Å². The van der Waals surface area contributed by atoms with Crippen molar-refractivity contribution in [2.75, 3.05) is 18.9 Å². The van der Waals surface area contributed by atoms with E-state index in [0.29, 0.717) is 38.4 Å². The molecule has 7 heteroatoms. The summed E-state index contributed by atoms with van der Waals surface area (Å²) in [6.07, 6.45) is 3.92. The van der Waals surface area contributed by atoms with E-state index in [9.17, 15) is 9.59 Å². The number of aliphatic hydroxyl groups excluding tert-OH is 1. The van der Waals surface area contributed by atoms with Crippen molar-refractivity contribution in [3.05, 3.63) is 38.7 Å². The zero-order chi connectivity index (χ0) is 18.4. The van der Waals surface area contributed by atoms with E-state index in [1.165, 1.54) is 16.7 Å². The minimum Gasteiger partial charge on any atom is -0.396 e. The summed E-state index contributed by atoms with van der Waals surface area (Å²) >= 11 is 13.4. The van der Waals surface area contributed by atoms with Crippen LogP contribution in [0.15, 0.2) is 23.1 Å². The molecule has 0 unspecified atom stereocenters. The van der Waals surface area contributed by atoms with Crippen molar-refractivity contribution < 1.29 is 14.7 Å². The molecular weight excluding hydrogens is 381 g/mol. The first-order chi connectivity index (χ1) is 12.0. The van der Waals surface area contributed by atoms with E-state index >= 15 is 0 Å². The van der Waals surface area contributed by atoms with Gasteiger partial charge in [-0.15, -0.1) is 11.8 Å². The van der Waals surface area contributed by atoms with Gasteiger partial charge in [0.15, 0.2) is 0 Å². The lowest BCUT2D eigenvalue weighted by Crippen LogP contribution is -2.32. The van der Waals surface area contributed by atoms with Gasteiger partial charge in [-0.25, -0.2) is 0 Å². The van der Waals surface area contributed by atoms with Crippen molar-refractivity contribution >= 4 is 52.4 Å². The Hall–Kier alpha value is -1.01. The predicted octanol–water partition coefficient (Wildman–Crippen LogP) is 4.38. The number of carbonyl (C=O) groups excluding carboxylic acids is 2. The Morgan fingerprint density at radius 3 is 2.52 bits per heavy atom. The highest BCUT2D eigenvalue weighted by atomic mass is 35.5. The molecule has 1 aliphatic heterocycles. The van der Waals surface area contributed by atoms with Crippen LogP contribution in [0.3, 0.4) is 0 Å². The van der Waals surface area contributed by atoms with E-state index < -0.39 is 0 Å². The Morgan fingerprint density at radius 2 is 1.88 bits per heavy atom. The molecule has 2 amide bonds. The molecule has 25 heavy (non-hydrogen) atoms. The third-order valence-electron chi connectivity index (χ3n) is 3.90. The van der Waals surface area contributed by atoms with Crippen molar-refractivity contribution in [2.24, 2.45) is 0 Å². The molecule has 1 N–H and O–H groups in total. The molecule has 0 radical (unpaired) electrons. The van der Waals surface area contributed by atoms with Crippen molar-refractivity contribution in [1.82, 2.24) is 4.90 Å². The van der Waals surface area contributed by atoms with Gasteiger partial charge in [0, 0.05) is 22.9 Å². The molecule has 1 aromatic carbocycles. The number of hydrogen-bond donors (Lipinski definition) is 1. The van der Waals surface area contributed by atoms with Crippen LogP contribution in [-0.4, -0.2) is 40.7 Å². The van der Waals surface area contributed by atoms with Crippen LogP contribution in [0.25, 0.3) is 5.57 Å². The lowest BCUT2D eigenvalue weighted by molar-refractivity contribution is -0.136. The highest BCUT2D eigenvalue weighted by molar-refractivity contribution is 8.04. The summed E-state index contributed by atoms with van der Waals surface area (Å²) in [4.78, 5) is 27.2. The molecule has 1 heterocycles. The van der Waals surface area contributed by atoms with E-state index in [0.717, 1.165) is 25.7 Å². The van der Waals surface area contributed by atoms with Crippen LogP contribution in [0, 0.1) is 0 Å². The first-order valence-electron chi connectivity index (χ1n) is 8.30. The van der Waals surface area contributed by atoms with Crippen molar-refractivity contribution in [3.63, 3.8) is 0 Å². The standard InChI is InChI=1S/C18H21Cl2NO3S/c1-2-3-4-5-8-21-17(23)15(16(18(21)24)25-10-9-22)13-7-6-12(19)11-14(13)20/h6-7,11,22H,2-5,8-10H2,1H3. The first-order valence-corrected chi connectivity index (χ1v) is 10.0. The Bertz CT molecular complexity index is 691. The van der Waals surface area contributed by atoms with E-state index in [4.69, 9.17) is 28.3 Å². The number of aliphatic hydroxyl groups is 1. The first kappa shape index (κ1) is 20.3. The van der Waals surface area contributed by atoms with Gasteiger partial charge in [0.2, 0.25) is 0 Å². The number of thioether (sulfide) groups is 1. The largest absolute Gasteiger partial charge is 0.396 e. The van der Waals surface area contributed by atoms with E-state index in [2.05, 4.69) is 6.92 Å². The van der Waals surface area contributed by atoms with Gasteiger partial charge in [0.1, 0.15) is 0 Å². The number of carbonyl (C=O) groups is 2. The fraction of sp³-hybridized carbons (Fsp3) is 0.444. The Morgan fingerprint density at radius 1 is 1.12 bits per heavy atom. The number of rotatable bonds is 9. The number of imide groups is 1. The third kappa shape index (κ3) is 4.79. The number of hydrogen-bond acceptors (Lipinski definition) is 4. The number of nitrogens with zero attached hydrogens (tertiary/aromatic N) is 1. The normalized spacial score (nSPS) is 14.8. The Kier molecular flexibility index (Phi) is 7.81. The second-order valence-electron chi connectivity index (χ2n) is 5.72. The summed E-state index contributed by atoms with van der Waals surface area (Å²) in [7, 11) is 0. The van der Waals surface area contributed by atoms with Gasteiger partial charge in [0.05, 0.1) is 22.1 Å². The van der Waals surface area contributed by atoms with Gasteiger partial charge >= 0.3 is 0 Å². The minimum atomic E-state index is -0.328. The maximum atomic E-state index is 12.9. The fourth-order valence-electron chi connectivity index (χ4n) is 2.66. The summed E-state index contributed by atoms with van der Waals surface area (Å²) in [6.45, 7) is 2.43. The van der Waals surface area contributed by atoms with Gasteiger partial charge in [-0.2, -0.15) is 0 Å². The molecule has 0 saturated carbocycles. The van der Waals surface area contributed by atoms with Crippen LogP contribution < -0.4 is 0 Å². The third-order valence-corrected chi connectivity index (χ3v) is 5.50. The number of halogens is 2. The van der Waals surface area contributed by atoms with Crippen molar-refractivity contribution in [3.8, 4) is 0 Å². The predicted molar refractivity (Wildman–Crippen MR) is 104 cm³/mol. The fourth-order valence-corrected chi connectivity index (χ4v) is 4.04. The van der Waals surface area contributed by atoms with Gasteiger partial charge in [-0.1, -0.05) is 55.5 Å². The molecule has 4 nitrogen and oxygen atoms in total. The molecular formula is C18H21Cl2NO3S. The van der Waals surface area contributed by atoms with Crippen molar-refractivity contribution in [1.29, 1.82) is 0 Å². The molecule has 0 saturated heterocycles. The molecule has 0 aromatic heterocycles. The number of benzene rings is 1. The van der Waals surface area contributed by atoms with E-state index in [1.54, 1.807) is 18.2 Å². The van der Waals surface area contributed by atoms with Gasteiger partial charge in [0.25, 0.3) is 11.8 Å². The average Bonchev–Trinajstić information content (AvgIpc) is 2.81. The smallest absolute Gasteiger partial charge is 0.267 e. The summed E-state index contributed by atoms with van der Waals surface area (Å²) in [5.41, 5.74) is 0.807. The maximum absolute atomic E-state index is 12.9. The molecule has 0 spiro atoms. The lowest BCUT2D eigenvalue weighted by atomic mass is 10.1. The minimum absolute atomic E-state index is 0.0756. The Balaban J connectivity index is 2.32. The van der Waals surface area contributed by atoms with Crippen LogP contribution in [0.1, 0.15) is 38.2 Å². The van der Waals surface area contributed by atoms with Crippen LogP contribution in [-0.2, 0) is 9.59 Å². The molecule has 0 atom stereocenters. The molecule has 1 aromatic rings. The monoisotopic (exact) mass is 401 g/mol. The molecule has 2 rings (SSSR count). The molecule has 0 aliphatic carbocycles. The van der Waals surface area contributed by atoms with Gasteiger partial charge < -0.3 is 5.11 Å². The maximum Gasteiger partial charge on any atom is 0.267 e. The Labute approximate surface area is 162 Å². The van der Waals surface area contributed by atoms with E-state index in [1.807, 2.05) is 0 Å². The lowest BCUT2D eigenvalue weighted by Gasteiger charge is -2.15. The van der Waals surface area contributed by atoms with Crippen LogP contribution in [0.5, 0.6) is 0 Å². The second kappa shape index (κ2) is 9.62. The summed E-state index contributed by atoms with van der Waals surface area (Å²) in [5, 5.41) is 9.89. The van der Waals surface area contributed by atoms with Crippen LogP contribution in [0.4, 0.5) is 0 Å². The summed E-state index contributed by atoms with van der Waals surface area (Å²) in [6, 6.07) is 4.86. The summed E-state index contributed by atoms with van der Waals surface area (Å²) in [5.74, 6) is -0.292. The topological polar surface area (TPSA) is 57.6 Å². The highest BCUT2D eigenvalue weighted by Gasteiger charge is 2.39. The van der Waals surface area contributed by atoms with Gasteiger partial charge in [-0.05, 0) is 18.6 Å². The SMILES string of the molecule is CCCCCCN1C(=O)C(SCCO)=C(c2ccc(Cl)cc2Cl)C1=O. The van der Waals surface area contributed by atoms with E-state index in [-0.39, 0.29) is 18.4 Å². The van der Waals surface area contributed by atoms with Gasteiger partial charge in [-0.3, -0.25) is 14.5 Å². The molecule has 136 valence electrons. The highest BCUT2D eigenvalue weighted by Crippen LogP contribution is 2.39. The average molecular weight is 402 g/mol. The van der Waals surface area contributed by atoms with Crippen LogP contribution >= 0.6 is 35.0 Å². The molecule has 0 bridgehead atoms. The summed E-state index contributed by atoms with van der Waals surface area (Å²) < 4.78 is 0.